The van der Waals surface area contributed by atoms with Gasteiger partial charge < -0.3 is 14.7 Å². The standard InChI is InChI=1S/C12H13BrClF2NO3/c13-9-5-8(14)1-2-10(9)20-7-12(19)17(3-4-18)6-11(15)16/h1-2,5,11,18H,3-4,6-7H2. The molecular formula is C12H13BrClF2NO3. The highest BCUT2D eigenvalue weighted by Crippen LogP contribution is 2.27. The number of halogens is 4. The summed E-state index contributed by atoms with van der Waals surface area (Å²) >= 11 is 8.97. The average molecular weight is 373 g/mol. The summed E-state index contributed by atoms with van der Waals surface area (Å²) in [5, 5.41) is 9.25. The van der Waals surface area contributed by atoms with Crippen molar-refractivity contribution in [2.45, 2.75) is 6.43 Å². The SMILES string of the molecule is O=C(COc1ccc(Cl)cc1Br)N(CCO)CC(F)F. The summed E-state index contributed by atoms with van der Waals surface area (Å²) < 4.78 is 30.4. The van der Waals surface area contributed by atoms with E-state index >= 15 is 0 Å². The highest BCUT2D eigenvalue weighted by molar-refractivity contribution is 9.10. The molecule has 0 heterocycles. The molecule has 20 heavy (non-hydrogen) atoms. The van der Waals surface area contributed by atoms with Crippen LogP contribution in [0.3, 0.4) is 0 Å². The van der Waals surface area contributed by atoms with Crippen LogP contribution < -0.4 is 4.74 Å². The van der Waals surface area contributed by atoms with Crippen LogP contribution >= 0.6 is 27.5 Å². The third-order valence-electron chi connectivity index (χ3n) is 2.33. The molecule has 0 aliphatic heterocycles. The highest BCUT2D eigenvalue weighted by atomic mass is 79.9. The molecule has 0 aromatic heterocycles. The lowest BCUT2D eigenvalue weighted by Crippen LogP contribution is -2.40. The van der Waals surface area contributed by atoms with Gasteiger partial charge in [0.15, 0.2) is 6.61 Å². The molecule has 0 spiro atoms. The van der Waals surface area contributed by atoms with Crippen LogP contribution in [0, 0.1) is 0 Å². The maximum atomic E-state index is 12.3. The number of hydrogen-bond acceptors (Lipinski definition) is 3. The van der Waals surface area contributed by atoms with E-state index in [0.717, 1.165) is 4.90 Å². The van der Waals surface area contributed by atoms with Crippen molar-refractivity contribution in [3.8, 4) is 5.75 Å². The van der Waals surface area contributed by atoms with Crippen molar-refractivity contribution >= 4 is 33.4 Å². The molecule has 4 nitrogen and oxygen atoms in total. The molecule has 0 aliphatic rings. The van der Waals surface area contributed by atoms with E-state index < -0.39 is 25.5 Å². The summed E-state index contributed by atoms with van der Waals surface area (Å²) in [5.74, 6) is -0.245. The summed E-state index contributed by atoms with van der Waals surface area (Å²) in [6.45, 7) is -1.67. The third kappa shape index (κ3) is 5.60. The van der Waals surface area contributed by atoms with Crippen LogP contribution in [0.4, 0.5) is 8.78 Å². The maximum absolute atomic E-state index is 12.3. The van der Waals surface area contributed by atoms with Crippen molar-refractivity contribution < 1.29 is 23.4 Å². The number of ether oxygens (including phenoxy) is 1. The number of carbonyl (C=O) groups is 1. The Morgan fingerprint density at radius 2 is 2.20 bits per heavy atom. The Kier molecular flexibility index (Phi) is 7.18. The van der Waals surface area contributed by atoms with E-state index in [1.54, 1.807) is 18.2 Å². The van der Waals surface area contributed by atoms with Gasteiger partial charge in [0.1, 0.15) is 5.75 Å². The van der Waals surface area contributed by atoms with E-state index in [2.05, 4.69) is 15.9 Å². The minimum atomic E-state index is -2.66. The third-order valence-corrected chi connectivity index (χ3v) is 3.18. The fourth-order valence-electron chi connectivity index (χ4n) is 1.43. The van der Waals surface area contributed by atoms with Gasteiger partial charge in [-0.25, -0.2) is 8.78 Å². The fraction of sp³-hybridized carbons (Fsp3) is 0.417. The number of nitrogens with zero attached hydrogens (tertiary/aromatic N) is 1. The van der Waals surface area contributed by atoms with Gasteiger partial charge in [0.05, 0.1) is 17.6 Å². The Hall–Kier alpha value is -0.920. The number of hydrogen-bond donors (Lipinski definition) is 1. The van der Waals surface area contributed by atoms with E-state index in [9.17, 15) is 13.6 Å². The predicted molar refractivity (Wildman–Crippen MR) is 74.3 cm³/mol. The van der Waals surface area contributed by atoms with Crippen LogP contribution in [0.1, 0.15) is 0 Å². The van der Waals surface area contributed by atoms with Crippen LogP contribution in [0.25, 0.3) is 0 Å². The van der Waals surface area contributed by atoms with Crippen molar-refractivity contribution in [2.24, 2.45) is 0 Å². The van der Waals surface area contributed by atoms with Crippen LogP contribution in [-0.2, 0) is 4.79 Å². The molecule has 0 unspecified atom stereocenters. The number of amides is 1. The number of aliphatic hydroxyl groups excluding tert-OH is 1. The second-order valence-corrected chi connectivity index (χ2v) is 5.11. The number of benzene rings is 1. The topological polar surface area (TPSA) is 49.8 Å². The predicted octanol–water partition coefficient (Wildman–Crippen LogP) is 2.57. The lowest BCUT2D eigenvalue weighted by atomic mass is 10.3. The van der Waals surface area contributed by atoms with Gasteiger partial charge in [-0.3, -0.25) is 4.79 Å². The van der Waals surface area contributed by atoms with E-state index in [1.807, 2.05) is 0 Å². The number of alkyl halides is 2. The summed E-state index contributed by atoms with van der Waals surface area (Å²) in [5.41, 5.74) is 0. The first-order chi connectivity index (χ1) is 9.43. The smallest absolute Gasteiger partial charge is 0.260 e. The van der Waals surface area contributed by atoms with Crippen molar-refractivity contribution in [1.29, 1.82) is 0 Å². The first-order valence-electron chi connectivity index (χ1n) is 5.68. The molecule has 1 aromatic carbocycles. The number of carbonyl (C=O) groups excluding carboxylic acids is 1. The van der Waals surface area contributed by atoms with Gasteiger partial charge in [0, 0.05) is 11.6 Å². The number of aliphatic hydroxyl groups is 1. The van der Waals surface area contributed by atoms with E-state index in [0.29, 0.717) is 15.2 Å². The molecule has 0 saturated carbocycles. The monoisotopic (exact) mass is 371 g/mol. The molecule has 0 radical (unpaired) electrons. The summed E-state index contributed by atoms with van der Waals surface area (Å²) in [7, 11) is 0. The van der Waals surface area contributed by atoms with Gasteiger partial charge in [-0.05, 0) is 34.1 Å². The number of rotatable bonds is 7. The van der Waals surface area contributed by atoms with Gasteiger partial charge in [-0.1, -0.05) is 11.6 Å². The largest absolute Gasteiger partial charge is 0.483 e. The van der Waals surface area contributed by atoms with Crippen molar-refractivity contribution in [3.05, 3.63) is 27.7 Å². The van der Waals surface area contributed by atoms with Crippen LogP contribution in [0.2, 0.25) is 5.02 Å². The Balaban J connectivity index is 2.59. The zero-order valence-corrected chi connectivity index (χ0v) is 12.7. The maximum Gasteiger partial charge on any atom is 0.260 e. The molecule has 0 bridgehead atoms. The molecule has 1 N–H and O–H groups in total. The van der Waals surface area contributed by atoms with Gasteiger partial charge in [0.25, 0.3) is 12.3 Å². The van der Waals surface area contributed by atoms with Crippen LogP contribution in [0.15, 0.2) is 22.7 Å². The normalized spacial score (nSPS) is 10.7. The first-order valence-corrected chi connectivity index (χ1v) is 6.85. The van der Waals surface area contributed by atoms with E-state index in [4.69, 9.17) is 21.4 Å². The van der Waals surface area contributed by atoms with Crippen LogP contribution in [0.5, 0.6) is 5.75 Å². The Bertz CT molecular complexity index is 462. The quantitative estimate of drug-likeness (QED) is 0.800. The zero-order valence-electron chi connectivity index (χ0n) is 10.4. The first kappa shape index (κ1) is 17.1. The van der Waals surface area contributed by atoms with E-state index in [-0.39, 0.29) is 13.2 Å². The van der Waals surface area contributed by atoms with Crippen molar-refractivity contribution in [1.82, 2.24) is 4.90 Å². The molecule has 0 aliphatic carbocycles. The van der Waals surface area contributed by atoms with E-state index in [1.165, 1.54) is 0 Å². The van der Waals surface area contributed by atoms with Gasteiger partial charge in [-0.15, -0.1) is 0 Å². The Morgan fingerprint density at radius 1 is 1.50 bits per heavy atom. The van der Waals surface area contributed by atoms with Gasteiger partial charge in [0.2, 0.25) is 0 Å². The Morgan fingerprint density at radius 3 is 2.75 bits per heavy atom. The average Bonchev–Trinajstić information content (AvgIpc) is 2.36. The highest BCUT2D eigenvalue weighted by Gasteiger charge is 2.18. The van der Waals surface area contributed by atoms with Crippen molar-refractivity contribution in [3.63, 3.8) is 0 Å². The lowest BCUT2D eigenvalue weighted by molar-refractivity contribution is -0.135. The minimum absolute atomic E-state index is 0.158. The molecule has 1 rings (SSSR count). The molecule has 1 aromatic rings. The molecule has 0 fully saturated rings. The van der Waals surface area contributed by atoms with Gasteiger partial charge >= 0.3 is 0 Å². The molecule has 0 saturated heterocycles. The van der Waals surface area contributed by atoms with Crippen LogP contribution in [-0.4, -0.2) is 48.6 Å². The lowest BCUT2D eigenvalue weighted by Gasteiger charge is -2.21. The molecule has 0 atom stereocenters. The van der Waals surface area contributed by atoms with Gasteiger partial charge in [-0.2, -0.15) is 0 Å². The summed E-state index contributed by atoms with van der Waals surface area (Å²) in [6.07, 6.45) is -2.66. The zero-order chi connectivity index (χ0) is 15.1. The van der Waals surface area contributed by atoms with Crippen molar-refractivity contribution in [2.75, 3.05) is 26.3 Å². The summed E-state index contributed by atoms with van der Waals surface area (Å²) in [4.78, 5) is 12.6. The fourth-order valence-corrected chi connectivity index (χ4v) is 2.23. The second kappa shape index (κ2) is 8.39. The molecule has 8 heteroatoms. The molecule has 112 valence electrons. The molecule has 1 amide bonds. The summed E-state index contributed by atoms with van der Waals surface area (Å²) in [6, 6.07) is 4.73. The second-order valence-electron chi connectivity index (χ2n) is 3.82. The minimum Gasteiger partial charge on any atom is -0.483 e. The Labute approximate surface area is 128 Å². The molecular weight excluding hydrogens is 359 g/mol.